The molecule has 112 valence electrons. The average Bonchev–Trinajstić information content (AvgIpc) is 2.97. The molecule has 6 heteroatoms. The van der Waals surface area contributed by atoms with Gasteiger partial charge in [0.2, 0.25) is 10.0 Å². The van der Waals surface area contributed by atoms with Crippen LogP contribution in [0.3, 0.4) is 0 Å². The Hall–Kier alpha value is -0.950. The van der Waals surface area contributed by atoms with Crippen LogP contribution in [-0.2, 0) is 21.3 Å². The standard InChI is InChI=1S/C14H22N2O3S/c1-2-15-10-13-5-3-4-6-14(13)20(17,18)16-9-12-7-8-19-11-12/h3-6,12,15-16H,2,7-11H2,1H3. The number of ether oxygens (including phenoxy) is 1. The minimum absolute atomic E-state index is 0.283. The zero-order valence-corrected chi connectivity index (χ0v) is 12.6. The van der Waals surface area contributed by atoms with Crippen molar-refractivity contribution in [1.82, 2.24) is 10.0 Å². The van der Waals surface area contributed by atoms with Crippen LogP contribution in [0.5, 0.6) is 0 Å². The molecule has 1 atom stereocenters. The summed E-state index contributed by atoms with van der Waals surface area (Å²) in [5.41, 5.74) is 0.796. The van der Waals surface area contributed by atoms with Crippen molar-refractivity contribution in [2.75, 3.05) is 26.3 Å². The monoisotopic (exact) mass is 298 g/mol. The predicted octanol–water partition coefficient (Wildman–Crippen LogP) is 1.11. The third kappa shape index (κ3) is 4.02. The lowest BCUT2D eigenvalue weighted by Crippen LogP contribution is -2.30. The van der Waals surface area contributed by atoms with Gasteiger partial charge in [-0.2, -0.15) is 0 Å². The smallest absolute Gasteiger partial charge is 0.240 e. The maximum atomic E-state index is 12.4. The molecule has 2 rings (SSSR count). The van der Waals surface area contributed by atoms with E-state index >= 15 is 0 Å². The normalized spacial score (nSPS) is 19.4. The molecule has 0 spiro atoms. The van der Waals surface area contributed by atoms with E-state index in [2.05, 4.69) is 10.0 Å². The average molecular weight is 298 g/mol. The molecule has 0 amide bonds. The summed E-state index contributed by atoms with van der Waals surface area (Å²) in [5, 5.41) is 3.16. The van der Waals surface area contributed by atoms with Crippen LogP contribution in [0.25, 0.3) is 0 Å². The third-order valence-electron chi connectivity index (χ3n) is 3.41. The summed E-state index contributed by atoms with van der Waals surface area (Å²) >= 11 is 0. The van der Waals surface area contributed by atoms with Crippen molar-refractivity contribution < 1.29 is 13.2 Å². The Labute approximate surface area is 120 Å². The van der Waals surface area contributed by atoms with E-state index in [4.69, 9.17) is 4.74 Å². The molecule has 0 aliphatic carbocycles. The van der Waals surface area contributed by atoms with Gasteiger partial charge in [0.25, 0.3) is 0 Å². The van der Waals surface area contributed by atoms with Crippen molar-refractivity contribution in [2.45, 2.75) is 24.8 Å². The molecule has 0 aromatic heterocycles. The van der Waals surface area contributed by atoms with E-state index in [9.17, 15) is 8.42 Å². The van der Waals surface area contributed by atoms with Gasteiger partial charge in [0, 0.05) is 19.7 Å². The maximum absolute atomic E-state index is 12.4. The number of hydrogen-bond donors (Lipinski definition) is 2. The van der Waals surface area contributed by atoms with Gasteiger partial charge in [-0.15, -0.1) is 0 Å². The van der Waals surface area contributed by atoms with Crippen LogP contribution in [0.1, 0.15) is 18.9 Å². The molecule has 1 aliphatic heterocycles. The van der Waals surface area contributed by atoms with Gasteiger partial charge in [-0.1, -0.05) is 25.1 Å². The minimum atomic E-state index is -3.45. The lowest BCUT2D eigenvalue weighted by Gasteiger charge is -2.13. The number of benzene rings is 1. The SMILES string of the molecule is CCNCc1ccccc1S(=O)(=O)NCC1CCOC1. The fraction of sp³-hybridized carbons (Fsp3) is 0.571. The van der Waals surface area contributed by atoms with Crippen LogP contribution in [0.2, 0.25) is 0 Å². The third-order valence-corrected chi connectivity index (χ3v) is 4.94. The number of sulfonamides is 1. The molecule has 20 heavy (non-hydrogen) atoms. The first-order valence-electron chi connectivity index (χ1n) is 6.99. The van der Waals surface area contributed by atoms with Crippen molar-refractivity contribution in [3.8, 4) is 0 Å². The van der Waals surface area contributed by atoms with Crippen molar-refractivity contribution in [3.63, 3.8) is 0 Å². The molecule has 1 saturated heterocycles. The van der Waals surface area contributed by atoms with Crippen LogP contribution in [0.15, 0.2) is 29.2 Å². The van der Waals surface area contributed by atoms with E-state index in [1.807, 2.05) is 19.1 Å². The zero-order valence-electron chi connectivity index (χ0n) is 11.8. The lowest BCUT2D eigenvalue weighted by molar-refractivity contribution is 0.186. The molecule has 5 nitrogen and oxygen atoms in total. The Morgan fingerprint density at radius 3 is 2.85 bits per heavy atom. The second-order valence-corrected chi connectivity index (χ2v) is 6.70. The molecule has 1 fully saturated rings. The van der Waals surface area contributed by atoms with E-state index < -0.39 is 10.0 Å². The van der Waals surface area contributed by atoms with Gasteiger partial charge in [-0.05, 0) is 30.5 Å². The van der Waals surface area contributed by atoms with Gasteiger partial charge in [-0.25, -0.2) is 13.1 Å². The van der Waals surface area contributed by atoms with E-state index in [-0.39, 0.29) is 5.92 Å². The van der Waals surface area contributed by atoms with Crippen LogP contribution < -0.4 is 10.0 Å². The first-order chi connectivity index (χ1) is 9.63. The fourth-order valence-electron chi connectivity index (χ4n) is 2.22. The Bertz CT molecular complexity index is 525. The van der Waals surface area contributed by atoms with Crippen LogP contribution >= 0.6 is 0 Å². The van der Waals surface area contributed by atoms with Crippen molar-refractivity contribution >= 4 is 10.0 Å². The Kier molecular flexibility index (Phi) is 5.54. The molecule has 1 aliphatic rings. The molecule has 1 aromatic rings. The van der Waals surface area contributed by atoms with Gasteiger partial charge in [-0.3, -0.25) is 0 Å². The highest BCUT2D eigenvalue weighted by Crippen LogP contribution is 2.17. The number of nitrogens with one attached hydrogen (secondary N) is 2. The molecule has 0 radical (unpaired) electrons. The van der Waals surface area contributed by atoms with E-state index in [1.165, 1.54) is 0 Å². The van der Waals surface area contributed by atoms with Gasteiger partial charge < -0.3 is 10.1 Å². The topological polar surface area (TPSA) is 67.4 Å². The van der Waals surface area contributed by atoms with Crippen LogP contribution in [-0.4, -0.2) is 34.7 Å². The van der Waals surface area contributed by atoms with E-state index in [0.717, 1.165) is 25.1 Å². The first kappa shape index (κ1) is 15.4. The molecule has 0 saturated carbocycles. The summed E-state index contributed by atoms with van der Waals surface area (Å²) in [7, 11) is -3.45. The highest BCUT2D eigenvalue weighted by atomic mass is 32.2. The van der Waals surface area contributed by atoms with Gasteiger partial charge in [0.05, 0.1) is 11.5 Å². The van der Waals surface area contributed by atoms with Crippen LogP contribution in [0, 0.1) is 5.92 Å². The second kappa shape index (κ2) is 7.17. The number of rotatable bonds is 7. The molecular weight excluding hydrogens is 276 g/mol. The molecular formula is C14H22N2O3S. The maximum Gasteiger partial charge on any atom is 0.240 e. The Balaban J connectivity index is 2.07. The van der Waals surface area contributed by atoms with Gasteiger partial charge >= 0.3 is 0 Å². The fourth-order valence-corrected chi connectivity index (χ4v) is 3.58. The van der Waals surface area contributed by atoms with E-state index in [1.54, 1.807) is 12.1 Å². The first-order valence-corrected chi connectivity index (χ1v) is 8.48. The van der Waals surface area contributed by atoms with Crippen molar-refractivity contribution in [2.24, 2.45) is 5.92 Å². The Morgan fingerprint density at radius 2 is 2.15 bits per heavy atom. The highest BCUT2D eigenvalue weighted by Gasteiger charge is 2.21. The highest BCUT2D eigenvalue weighted by molar-refractivity contribution is 7.89. The molecule has 1 aromatic carbocycles. The van der Waals surface area contributed by atoms with Crippen LogP contribution in [0.4, 0.5) is 0 Å². The van der Waals surface area contributed by atoms with Gasteiger partial charge in [0.1, 0.15) is 0 Å². The predicted molar refractivity (Wildman–Crippen MR) is 77.9 cm³/mol. The quantitative estimate of drug-likeness (QED) is 0.791. The minimum Gasteiger partial charge on any atom is -0.381 e. The molecule has 2 N–H and O–H groups in total. The summed E-state index contributed by atoms with van der Waals surface area (Å²) in [5.74, 6) is 0.283. The Morgan fingerprint density at radius 1 is 1.35 bits per heavy atom. The van der Waals surface area contributed by atoms with Crippen molar-refractivity contribution in [3.05, 3.63) is 29.8 Å². The van der Waals surface area contributed by atoms with Gasteiger partial charge in [0.15, 0.2) is 0 Å². The largest absolute Gasteiger partial charge is 0.381 e. The molecule has 1 heterocycles. The molecule has 1 unspecified atom stereocenters. The summed E-state index contributed by atoms with van der Waals surface area (Å²) in [4.78, 5) is 0.361. The second-order valence-electron chi connectivity index (χ2n) is 4.97. The summed E-state index contributed by atoms with van der Waals surface area (Å²) in [6, 6.07) is 7.11. The summed E-state index contributed by atoms with van der Waals surface area (Å²) in [6.07, 6.45) is 0.918. The lowest BCUT2D eigenvalue weighted by atomic mass is 10.1. The summed E-state index contributed by atoms with van der Waals surface area (Å²) < 4.78 is 32.7. The van der Waals surface area contributed by atoms with E-state index in [0.29, 0.717) is 24.6 Å². The van der Waals surface area contributed by atoms with Crippen molar-refractivity contribution in [1.29, 1.82) is 0 Å². The number of hydrogen-bond acceptors (Lipinski definition) is 4. The zero-order chi connectivity index (χ0) is 14.4. The molecule has 0 bridgehead atoms. The summed E-state index contributed by atoms with van der Waals surface area (Å²) in [6.45, 7) is 5.17.